The Labute approximate surface area is 96.0 Å². The number of rotatable bonds is 2. The van der Waals surface area contributed by atoms with Crippen LogP contribution in [0.15, 0.2) is 16.7 Å². The Morgan fingerprint density at radius 1 is 1.47 bits per heavy atom. The summed E-state index contributed by atoms with van der Waals surface area (Å²) in [4.78, 5) is 0. The zero-order valence-electron chi connectivity index (χ0n) is 8.61. The Hall–Kier alpha value is -1.30. The molecule has 2 N–H and O–H groups in total. The highest BCUT2D eigenvalue weighted by Crippen LogP contribution is 2.16. The summed E-state index contributed by atoms with van der Waals surface area (Å²) in [5.74, 6) is 0.502. The fourth-order valence-electron chi connectivity index (χ4n) is 1.37. The third kappa shape index (κ3) is 2.04. The van der Waals surface area contributed by atoms with Gasteiger partial charge in [-0.15, -0.1) is 0 Å². The zero-order valence-corrected chi connectivity index (χ0v) is 10.2. The molecule has 0 fully saturated rings. The van der Waals surface area contributed by atoms with Gasteiger partial charge in [-0.25, -0.2) is 0 Å². The molecule has 0 saturated heterocycles. The monoisotopic (exact) mass is 269 g/mol. The van der Waals surface area contributed by atoms with Crippen molar-refractivity contribution in [2.75, 3.05) is 5.73 Å². The van der Waals surface area contributed by atoms with Gasteiger partial charge >= 0.3 is 0 Å². The lowest BCUT2D eigenvalue weighted by atomic mass is 10.4. The molecule has 0 amide bonds. The van der Waals surface area contributed by atoms with Gasteiger partial charge < -0.3 is 5.73 Å². The SMILES string of the molecule is Cc1cc(Cn2cc(Br)c(N)n2)nn1C. The second-order valence-corrected chi connectivity index (χ2v) is 4.31. The van der Waals surface area contributed by atoms with Crippen LogP contribution in [0.1, 0.15) is 11.4 Å². The molecule has 0 radical (unpaired) electrons. The van der Waals surface area contributed by atoms with E-state index >= 15 is 0 Å². The average molecular weight is 270 g/mol. The van der Waals surface area contributed by atoms with Crippen molar-refractivity contribution < 1.29 is 0 Å². The molecular weight excluding hydrogens is 258 g/mol. The van der Waals surface area contributed by atoms with Crippen LogP contribution in [0.2, 0.25) is 0 Å². The first-order valence-corrected chi connectivity index (χ1v) is 5.33. The Balaban J connectivity index is 2.21. The van der Waals surface area contributed by atoms with Crippen LogP contribution in [0.25, 0.3) is 0 Å². The quantitative estimate of drug-likeness (QED) is 0.895. The van der Waals surface area contributed by atoms with Gasteiger partial charge in [0.15, 0.2) is 5.82 Å². The number of aryl methyl sites for hydroxylation is 2. The second-order valence-electron chi connectivity index (χ2n) is 3.46. The highest BCUT2D eigenvalue weighted by Gasteiger charge is 2.05. The van der Waals surface area contributed by atoms with Crippen molar-refractivity contribution in [3.05, 3.63) is 28.1 Å². The lowest BCUT2D eigenvalue weighted by Crippen LogP contribution is -2.02. The number of nitrogens with two attached hydrogens (primary N) is 1. The van der Waals surface area contributed by atoms with Crippen LogP contribution in [0, 0.1) is 6.92 Å². The van der Waals surface area contributed by atoms with Crippen molar-refractivity contribution >= 4 is 21.7 Å². The van der Waals surface area contributed by atoms with E-state index in [0.717, 1.165) is 15.9 Å². The summed E-state index contributed by atoms with van der Waals surface area (Å²) in [6, 6.07) is 2.03. The molecule has 80 valence electrons. The fourth-order valence-corrected chi connectivity index (χ4v) is 1.69. The first-order valence-electron chi connectivity index (χ1n) is 4.54. The van der Waals surface area contributed by atoms with Gasteiger partial charge in [-0.3, -0.25) is 9.36 Å². The van der Waals surface area contributed by atoms with E-state index in [1.54, 1.807) is 4.68 Å². The van der Waals surface area contributed by atoms with Crippen LogP contribution in [0.4, 0.5) is 5.82 Å². The highest BCUT2D eigenvalue weighted by molar-refractivity contribution is 9.10. The third-order valence-electron chi connectivity index (χ3n) is 2.23. The molecule has 2 rings (SSSR count). The van der Waals surface area contributed by atoms with Gasteiger partial charge in [-0.05, 0) is 28.9 Å². The number of nitrogens with zero attached hydrogens (tertiary/aromatic N) is 4. The molecule has 6 heteroatoms. The molecule has 0 aliphatic carbocycles. The molecule has 15 heavy (non-hydrogen) atoms. The van der Waals surface area contributed by atoms with Crippen molar-refractivity contribution in [3.63, 3.8) is 0 Å². The van der Waals surface area contributed by atoms with Gasteiger partial charge in [0, 0.05) is 18.9 Å². The van der Waals surface area contributed by atoms with E-state index in [2.05, 4.69) is 26.1 Å². The minimum Gasteiger partial charge on any atom is -0.381 e. The standard InChI is InChI=1S/C9H12BrN5/c1-6-3-7(12-14(6)2)4-15-5-8(10)9(11)13-15/h3,5H,4H2,1-2H3,(H2,11,13). The predicted molar refractivity (Wildman–Crippen MR) is 61.4 cm³/mol. The maximum Gasteiger partial charge on any atom is 0.159 e. The summed E-state index contributed by atoms with van der Waals surface area (Å²) in [5.41, 5.74) is 7.73. The predicted octanol–water partition coefficient (Wildman–Crippen LogP) is 1.32. The van der Waals surface area contributed by atoms with Crippen LogP contribution in [-0.4, -0.2) is 19.6 Å². The zero-order chi connectivity index (χ0) is 11.0. The number of halogens is 1. The largest absolute Gasteiger partial charge is 0.381 e. The summed E-state index contributed by atoms with van der Waals surface area (Å²) in [7, 11) is 1.92. The van der Waals surface area contributed by atoms with Gasteiger partial charge in [-0.2, -0.15) is 10.2 Å². The van der Waals surface area contributed by atoms with Gasteiger partial charge in [0.05, 0.1) is 16.7 Å². The van der Waals surface area contributed by atoms with Gasteiger partial charge in [-0.1, -0.05) is 0 Å². The molecule has 0 aliphatic heterocycles. The van der Waals surface area contributed by atoms with Crippen LogP contribution in [0.3, 0.4) is 0 Å². The summed E-state index contributed by atoms with van der Waals surface area (Å²) in [6.45, 7) is 2.65. The van der Waals surface area contributed by atoms with Crippen LogP contribution < -0.4 is 5.73 Å². The minimum atomic E-state index is 0.502. The Morgan fingerprint density at radius 3 is 2.67 bits per heavy atom. The normalized spacial score (nSPS) is 10.9. The maximum absolute atomic E-state index is 5.62. The molecule has 2 aromatic heterocycles. The molecule has 2 aromatic rings. The number of anilines is 1. The van der Waals surface area contributed by atoms with Crippen molar-refractivity contribution in [3.8, 4) is 0 Å². The molecule has 0 saturated carbocycles. The van der Waals surface area contributed by atoms with E-state index in [-0.39, 0.29) is 0 Å². The Bertz CT molecular complexity index is 401. The van der Waals surface area contributed by atoms with Gasteiger partial charge in [0.1, 0.15) is 0 Å². The highest BCUT2D eigenvalue weighted by atomic mass is 79.9. The number of nitrogen functional groups attached to an aromatic ring is 1. The maximum atomic E-state index is 5.62. The molecule has 0 atom stereocenters. The Morgan fingerprint density at radius 2 is 2.20 bits per heavy atom. The van der Waals surface area contributed by atoms with E-state index in [1.807, 2.05) is 30.9 Å². The summed E-state index contributed by atoms with van der Waals surface area (Å²) >= 11 is 3.32. The number of aromatic nitrogens is 4. The summed E-state index contributed by atoms with van der Waals surface area (Å²) in [6.07, 6.45) is 1.85. The molecule has 0 bridgehead atoms. The second kappa shape index (κ2) is 3.69. The summed E-state index contributed by atoms with van der Waals surface area (Å²) in [5, 5.41) is 8.49. The topological polar surface area (TPSA) is 61.7 Å². The van der Waals surface area contributed by atoms with E-state index < -0.39 is 0 Å². The average Bonchev–Trinajstić information content (AvgIpc) is 2.59. The van der Waals surface area contributed by atoms with E-state index in [1.165, 1.54) is 0 Å². The minimum absolute atomic E-state index is 0.502. The lowest BCUT2D eigenvalue weighted by molar-refractivity contribution is 0.648. The van der Waals surface area contributed by atoms with Crippen molar-refractivity contribution in [2.45, 2.75) is 13.5 Å². The van der Waals surface area contributed by atoms with Crippen LogP contribution >= 0.6 is 15.9 Å². The third-order valence-corrected chi connectivity index (χ3v) is 2.84. The van der Waals surface area contributed by atoms with E-state index in [4.69, 9.17) is 5.73 Å². The van der Waals surface area contributed by atoms with Crippen molar-refractivity contribution in [1.82, 2.24) is 19.6 Å². The first-order chi connectivity index (χ1) is 7.06. The molecule has 0 aliphatic rings. The molecule has 0 aromatic carbocycles. The molecule has 0 spiro atoms. The van der Waals surface area contributed by atoms with Crippen molar-refractivity contribution in [2.24, 2.45) is 7.05 Å². The smallest absolute Gasteiger partial charge is 0.159 e. The molecule has 2 heterocycles. The lowest BCUT2D eigenvalue weighted by Gasteiger charge is -1.95. The van der Waals surface area contributed by atoms with Crippen LogP contribution in [0.5, 0.6) is 0 Å². The van der Waals surface area contributed by atoms with Crippen molar-refractivity contribution in [1.29, 1.82) is 0 Å². The number of hydrogen-bond donors (Lipinski definition) is 1. The number of hydrogen-bond acceptors (Lipinski definition) is 3. The molecular formula is C9H12BrN5. The van der Waals surface area contributed by atoms with E-state index in [0.29, 0.717) is 12.4 Å². The van der Waals surface area contributed by atoms with Crippen LogP contribution in [-0.2, 0) is 13.6 Å². The first kappa shape index (κ1) is 10.2. The fraction of sp³-hybridized carbons (Fsp3) is 0.333. The molecule has 5 nitrogen and oxygen atoms in total. The summed E-state index contributed by atoms with van der Waals surface area (Å²) < 4.78 is 4.42. The van der Waals surface area contributed by atoms with E-state index in [9.17, 15) is 0 Å². The van der Waals surface area contributed by atoms with Gasteiger partial charge in [0.25, 0.3) is 0 Å². The Kier molecular flexibility index (Phi) is 2.52. The molecule has 0 unspecified atom stereocenters. The van der Waals surface area contributed by atoms with Gasteiger partial charge in [0.2, 0.25) is 0 Å².